The number of hydrogen-bond donors (Lipinski definition) is 1. The molecular weight excluding hydrogens is 285 g/mol. The lowest BCUT2D eigenvalue weighted by atomic mass is 9.86. The lowest BCUT2D eigenvalue weighted by Gasteiger charge is -2.45. The van der Waals surface area contributed by atoms with Gasteiger partial charge in [-0.2, -0.15) is 0 Å². The van der Waals surface area contributed by atoms with Crippen LogP contribution in [0.5, 0.6) is 0 Å². The number of carbonyl (C=O) groups is 1. The summed E-state index contributed by atoms with van der Waals surface area (Å²) in [6, 6.07) is 15.0. The van der Waals surface area contributed by atoms with Crippen LogP contribution < -0.4 is 0 Å². The van der Waals surface area contributed by atoms with E-state index in [-0.39, 0.29) is 25.5 Å². The summed E-state index contributed by atoms with van der Waals surface area (Å²) in [6.45, 7) is 0.490. The van der Waals surface area contributed by atoms with Crippen LogP contribution in [-0.2, 0) is 16.9 Å². The molecule has 1 N–H and O–H groups in total. The third-order valence-electron chi connectivity index (χ3n) is 3.75. The summed E-state index contributed by atoms with van der Waals surface area (Å²) in [4.78, 5) is 13.3. The number of ether oxygens (including phenoxy) is 1. The van der Waals surface area contributed by atoms with Gasteiger partial charge in [-0.3, -0.25) is 0 Å². The maximum Gasteiger partial charge on any atom is 0.410 e. The smallest absolute Gasteiger partial charge is 0.410 e. The van der Waals surface area contributed by atoms with Gasteiger partial charge in [-0.05, 0) is 23.3 Å². The van der Waals surface area contributed by atoms with Crippen LogP contribution in [0.1, 0.15) is 11.1 Å². The molecule has 0 unspecified atom stereocenters. The SMILES string of the molecule is O=C(OCc1ccccc1)N1CC(O)(c2ccc(F)cc2)C1. The van der Waals surface area contributed by atoms with E-state index in [0.717, 1.165) is 5.56 Å². The van der Waals surface area contributed by atoms with Crippen molar-refractivity contribution in [2.24, 2.45) is 0 Å². The number of carbonyl (C=O) groups excluding carboxylic acids is 1. The van der Waals surface area contributed by atoms with Gasteiger partial charge in [0.15, 0.2) is 0 Å². The molecule has 0 atom stereocenters. The highest BCUT2D eigenvalue weighted by atomic mass is 19.1. The van der Waals surface area contributed by atoms with E-state index in [0.29, 0.717) is 5.56 Å². The highest BCUT2D eigenvalue weighted by Crippen LogP contribution is 2.32. The zero-order chi connectivity index (χ0) is 15.6. The first-order valence-corrected chi connectivity index (χ1v) is 7.01. The summed E-state index contributed by atoms with van der Waals surface area (Å²) < 4.78 is 18.1. The van der Waals surface area contributed by atoms with Crippen LogP contribution in [0.4, 0.5) is 9.18 Å². The van der Waals surface area contributed by atoms with E-state index < -0.39 is 11.7 Å². The van der Waals surface area contributed by atoms with Crippen molar-refractivity contribution in [2.75, 3.05) is 13.1 Å². The van der Waals surface area contributed by atoms with Crippen LogP contribution in [0.2, 0.25) is 0 Å². The second kappa shape index (κ2) is 5.77. The van der Waals surface area contributed by atoms with E-state index >= 15 is 0 Å². The zero-order valence-corrected chi connectivity index (χ0v) is 11.9. The Bertz CT molecular complexity index is 651. The molecule has 1 aliphatic rings. The van der Waals surface area contributed by atoms with Gasteiger partial charge < -0.3 is 14.7 Å². The largest absolute Gasteiger partial charge is 0.445 e. The van der Waals surface area contributed by atoms with E-state index in [2.05, 4.69) is 0 Å². The number of β-amino-alcohol motifs (C(OH)–C–C–N with tert-alkyl or cyclic N) is 1. The molecule has 0 aliphatic carbocycles. The number of likely N-dealkylation sites (tertiary alicyclic amines) is 1. The van der Waals surface area contributed by atoms with Crippen LogP contribution >= 0.6 is 0 Å². The molecule has 0 bridgehead atoms. The quantitative estimate of drug-likeness (QED) is 0.948. The van der Waals surface area contributed by atoms with E-state index in [9.17, 15) is 14.3 Å². The molecule has 2 aromatic carbocycles. The number of hydrogen-bond acceptors (Lipinski definition) is 3. The number of benzene rings is 2. The number of amides is 1. The molecule has 1 saturated heterocycles. The second-order valence-corrected chi connectivity index (χ2v) is 5.43. The first-order chi connectivity index (χ1) is 10.6. The first-order valence-electron chi connectivity index (χ1n) is 7.01. The van der Waals surface area contributed by atoms with Crippen molar-refractivity contribution in [3.8, 4) is 0 Å². The molecule has 22 heavy (non-hydrogen) atoms. The predicted octanol–water partition coefficient (Wildman–Crippen LogP) is 2.67. The molecule has 3 rings (SSSR count). The monoisotopic (exact) mass is 301 g/mol. The Morgan fingerprint density at radius 1 is 1.14 bits per heavy atom. The highest BCUT2D eigenvalue weighted by Gasteiger charge is 2.45. The average Bonchev–Trinajstić information content (AvgIpc) is 2.51. The minimum absolute atomic E-state index is 0.145. The molecule has 5 heteroatoms. The predicted molar refractivity (Wildman–Crippen MR) is 78.5 cm³/mol. The van der Waals surface area contributed by atoms with Crippen molar-refractivity contribution in [1.29, 1.82) is 0 Å². The van der Waals surface area contributed by atoms with E-state index in [1.807, 2.05) is 30.3 Å². The normalized spacial score (nSPS) is 16.0. The van der Waals surface area contributed by atoms with Crippen LogP contribution in [0, 0.1) is 5.82 Å². The molecule has 0 spiro atoms. The molecular formula is C17H16FNO3. The maximum absolute atomic E-state index is 12.9. The van der Waals surface area contributed by atoms with E-state index in [1.165, 1.54) is 29.2 Å². The van der Waals surface area contributed by atoms with Crippen LogP contribution in [0.3, 0.4) is 0 Å². The fourth-order valence-electron chi connectivity index (χ4n) is 2.47. The maximum atomic E-state index is 12.9. The molecule has 0 radical (unpaired) electrons. The lowest BCUT2D eigenvalue weighted by molar-refractivity contribution is -0.0949. The number of rotatable bonds is 3. The van der Waals surface area contributed by atoms with Crippen molar-refractivity contribution in [3.63, 3.8) is 0 Å². The van der Waals surface area contributed by atoms with Crippen molar-refractivity contribution in [3.05, 3.63) is 71.5 Å². The molecule has 1 heterocycles. The Kier molecular flexibility index (Phi) is 3.81. The molecule has 4 nitrogen and oxygen atoms in total. The van der Waals surface area contributed by atoms with Gasteiger partial charge in [0, 0.05) is 0 Å². The number of halogens is 1. The van der Waals surface area contributed by atoms with Crippen molar-refractivity contribution < 1.29 is 19.0 Å². The molecule has 1 fully saturated rings. The second-order valence-electron chi connectivity index (χ2n) is 5.43. The van der Waals surface area contributed by atoms with E-state index in [1.54, 1.807) is 0 Å². The minimum Gasteiger partial charge on any atom is -0.445 e. The minimum atomic E-state index is -1.13. The third kappa shape index (κ3) is 2.94. The Morgan fingerprint density at radius 2 is 1.77 bits per heavy atom. The Labute approximate surface area is 127 Å². The van der Waals surface area contributed by atoms with Gasteiger partial charge in [0.2, 0.25) is 0 Å². The van der Waals surface area contributed by atoms with Gasteiger partial charge in [0.25, 0.3) is 0 Å². The highest BCUT2D eigenvalue weighted by molar-refractivity contribution is 5.69. The number of aliphatic hydroxyl groups is 1. The lowest BCUT2D eigenvalue weighted by Crippen LogP contribution is -2.61. The summed E-state index contributed by atoms with van der Waals surface area (Å²) in [5.41, 5.74) is 0.380. The zero-order valence-electron chi connectivity index (χ0n) is 11.9. The van der Waals surface area contributed by atoms with Gasteiger partial charge in [0.05, 0.1) is 13.1 Å². The topological polar surface area (TPSA) is 49.8 Å². The summed E-state index contributed by atoms with van der Waals surface area (Å²) in [5.74, 6) is -0.356. The molecule has 0 aromatic heterocycles. The molecule has 114 valence electrons. The Morgan fingerprint density at radius 3 is 2.41 bits per heavy atom. The van der Waals surface area contributed by atoms with Crippen LogP contribution in [0.15, 0.2) is 54.6 Å². The van der Waals surface area contributed by atoms with Gasteiger partial charge in [-0.1, -0.05) is 42.5 Å². The van der Waals surface area contributed by atoms with Gasteiger partial charge in [0.1, 0.15) is 18.0 Å². The standard InChI is InChI=1S/C17H16FNO3/c18-15-8-6-14(7-9-15)17(21)11-19(12-17)16(20)22-10-13-4-2-1-3-5-13/h1-9,21H,10-12H2. The molecule has 2 aromatic rings. The summed E-state index contributed by atoms with van der Waals surface area (Å²) in [7, 11) is 0. The van der Waals surface area contributed by atoms with Crippen molar-refractivity contribution in [2.45, 2.75) is 12.2 Å². The number of nitrogens with zero attached hydrogens (tertiary/aromatic N) is 1. The van der Waals surface area contributed by atoms with Crippen molar-refractivity contribution in [1.82, 2.24) is 4.90 Å². The average molecular weight is 301 g/mol. The molecule has 0 saturated carbocycles. The van der Waals surface area contributed by atoms with E-state index in [4.69, 9.17) is 4.74 Å². The Hall–Kier alpha value is -2.40. The molecule has 1 aliphatic heterocycles. The van der Waals surface area contributed by atoms with Crippen LogP contribution in [0.25, 0.3) is 0 Å². The third-order valence-corrected chi connectivity index (χ3v) is 3.75. The fourth-order valence-corrected chi connectivity index (χ4v) is 2.47. The van der Waals surface area contributed by atoms with Crippen LogP contribution in [-0.4, -0.2) is 29.2 Å². The first kappa shape index (κ1) is 14.5. The summed E-state index contributed by atoms with van der Waals surface area (Å²) >= 11 is 0. The van der Waals surface area contributed by atoms with Gasteiger partial charge >= 0.3 is 6.09 Å². The van der Waals surface area contributed by atoms with Gasteiger partial charge in [-0.25, -0.2) is 9.18 Å². The molecule has 1 amide bonds. The fraction of sp³-hybridized carbons (Fsp3) is 0.235. The van der Waals surface area contributed by atoms with Crippen molar-refractivity contribution >= 4 is 6.09 Å². The summed E-state index contributed by atoms with van der Waals surface area (Å²) in [6.07, 6.45) is -0.462. The Balaban J connectivity index is 1.54. The summed E-state index contributed by atoms with van der Waals surface area (Å²) in [5, 5.41) is 10.4. The van der Waals surface area contributed by atoms with Gasteiger partial charge in [-0.15, -0.1) is 0 Å².